The smallest absolute Gasteiger partial charge is 0.338 e. The number of carbonyl (C=O) groups excluding carboxylic acids is 2. The molecule has 0 unspecified atom stereocenters. The minimum Gasteiger partial charge on any atom is -0.462 e. The van der Waals surface area contributed by atoms with E-state index in [9.17, 15) is 9.59 Å². The molecule has 0 N–H and O–H groups in total. The summed E-state index contributed by atoms with van der Waals surface area (Å²) in [6, 6.07) is 5.21. The molecular formula is C13H18O3Si. The van der Waals surface area contributed by atoms with E-state index in [1.165, 1.54) is 0 Å². The highest BCUT2D eigenvalue weighted by Crippen LogP contribution is 2.12. The maximum absolute atomic E-state index is 11.9. The third-order valence-corrected chi connectivity index (χ3v) is 4.53. The highest BCUT2D eigenvalue weighted by atomic mass is 28.3. The van der Waals surface area contributed by atoms with Gasteiger partial charge in [0.05, 0.1) is 20.2 Å². The first-order chi connectivity index (χ1) is 7.91. The average molecular weight is 250 g/mol. The van der Waals surface area contributed by atoms with Crippen LogP contribution < -0.4 is 5.19 Å². The molecule has 0 aliphatic rings. The van der Waals surface area contributed by atoms with Crippen LogP contribution in [-0.4, -0.2) is 26.9 Å². The van der Waals surface area contributed by atoms with Crippen LogP contribution in [0.5, 0.6) is 0 Å². The molecule has 0 aromatic heterocycles. The lowest BCUT2D eigenvalue weighted by Gasteiger charge is -2.22. The van der Waals surface area contributed by atoms with Gasteiger partial charge in [0, 0.05) is 5.56 Å². The van der Waals surface area contributed by atoms with E-state index in [4.69, 9.17) is 4.74 Å². The molecule has 0 heterocycles. The minimum atomic E-state index is -1.77. The first-order valence-electron chi connectivity index (χ1n) is 5.67. The van der Waals surface area contributed by atoms with Gasteiger partial charge in [0.2, 0.25) is 0 Å². The predicted octanol–water partition coefficient (Wildman–Crippen LogP) is 2.22. The van der Waals surface area contributed by atoms with Crippen molar-refractivity contribution in [3.63, 3.8) is 0 Å². The number of benzene rings is 1. The average Bonchev–Trinajstić information content (AvgIpc) is 2.27. The van der Waals surface area contributed by atoms with Gasteiger partial charge in [-0.2, -0.15) is 0 Å². The Bertz CT molecular complexity index is 433. The van der Waals surface area contributed by atoms with Crippen molar-refractivity contribution in [2.75, 3.05) is 6.61 Å². The van der Waals surface area contributed by atoms with E-state index in [0.29, 0.717) is 17.7 Å². The van der Waals surface area contributed by atoms with E-state index in [2.05, 4.69) is 19.6 Å². The van der Waals surface area contributed by atoms with Crippen LogP contribution >= 0.6 is 0 Å². The number of ether oxygens (including phenoxy) is 1. The molecule has 0 saturated heterocycles. The van der Waals surface area contributed by atoms with Crippen molar-refractivity contribution in [2.24, 2.45) is 0 Å². The van der Waals surface area contributed by atoms with Gasteiger partial charge < -0.3 is 4.74 Å². The summed E-state index contributed by atoms with van der Waals surface area (Å²) in [5.41, 5.74) is 1.14. The van der Waals surface area contributed by atoms with E-state index >= 15 is 0 Å². The van der Waals surface area contributed by atoms with Gasteiger partial charge in [-0.1, -0.05) is 31.8 Å². The van der Waals surface area contributed by atoms with Gasteiger partial charge in [-0.05, 0) is 18.2 Å². The largest absolute Gasteiger partial charge is 0.462 e. The van der Waals surface area contributed by atoms with Crippen molar-refractivity contribution in [3.8, 4) is 0 Å². The molecular weight excluding hydrogens is 232 g/mol. The van der Waals surface area contributed by atoms with Crippen molar-refractivity contribution in [3.05, 3.63) is 29.3 Å². The number of hydrogen-bond acceptors (Lipinski definition) is 3. The fourth-order valence-electron chi connectivity index (χ4n) is 1.88. The van der Waals surface area contributed by atoms with Crippen LogP contribution in [0, 0.1) is 0 Å². The lowest BCUT2D eigenvalue weighted by molar-refractivity contribution is 0.0528. The van der Waals surface area contributed by atoms with Gasteiger partial charge in [0.1, 0.15) is 6.29 Å². The quantitative estimate of drug-likeness (QED) is 0.467. The summed E-state index contributed by atoms with van der Waals surface area (Å²) in [7, 11) is -1.77. The van der Waals surface area contributed by atoms with Gasteiger partial charge in [-0.25, -0.2) is 4.79 Å². The zero-order valence-corrected chi connectivity index (χ0v) is 11.7. The molecule has 1 aromatic rings. The Morgan fingerprint density at radius 1 is 1.35 bits per heavy atom. The molecule has 17 heavy (non-hydrogen) atoms. The second-order valence-corrected chi connectivity index (χ2v) is 9.86. The van der Waals surface area contributed by atoms with Crippen LogP contribution in [0.1, 0.15) is 27.6 Å². The Labute approximate surface area is 103 Å². The third-order valence-electron chi connectivity index (χ3n) is 2.47. The monoisotopic (exact) mass is 250 g/mol. The molecule has 0 fully saturated rings. The summed E-state index contributed by atoms with van der Waals surface area (Å²) in [4.78, 5) is 22.9. The fourth-order valence-corrected chi connectivity index (χ4v) is 3.89. The molecule has 0 bridgehead atoms. The topological polar surface area (TPSA) is 43.4 Å². The number of carbonyl (C=O) groups is 2. The lowest BCUT2D eigenvalue weighted by atomic mass is 10.1. The van der Waals surface area contributed by atoms with Crippen molar-refractivity contribution in [2.45, 2.75) is 26.6 Å². The molecule has 0 aliphatic carbocycles. The molecule has 1 aromatic carbocycles. The molecule has 0 aliphatic heterocycles. The maximum Gasteiger partial charge on any atom is 0.338 e. The van der Waals surface area contributed by atoms with Crippen LogP contribution in [0.25, 0.3) is 0 Å². The second kappa shape index (κ2) is 5.27. The van der Waals surface area contributed by atoms with E-state index in [0.717, 1.165) is 11.5 Å². The number of hydrogen-bond donors (Lipinski definition) is 0. The molecule has 1 rings (SSSR count). The van der Waals surface area contributed by atoms with Crippen molar-refractivity contribution >= 4 is 25.5 Å². The molecule has 0 amide bonds. The Balaban J connectivity index is 3.40. The summed E-state index contributed by atoms with van der Waals surface area (Å²) in [6.45, 7) is 8.44. The Morgan fingerprint density at radius 3 is 2.47 bits per heavy atom. The number of aldehydes is 1. The first-order valence-corrected chi connectivity index (χ1v) is 9.17. The molecule has 0 spiro atoms. The minimum absolute atomic E-state index is 0.339. The van der Waals surface area contributed by atoms with Gasteiger partial charge in [-0.3, -0.25) is 4.79 Å². The molecule has 0 saturated carbocycles. The summed E-state index contributed by atoms with van der Waals surface area (Å²) < 4.78 is 5.03. The predicted molar refractivity (Wildman–Crippen MR) is 70.8 cm³/mol. The highest BCUT2D eigenvalue weighted by molar-refractivity contribution is 6.90. The maximum atomic E-state index is 11.9. The van der Waals surface area contributed by atoms with Crippen molar-refractivity contribution in [1.82, 2.24) is 0 Å². The Hall–Kier alpha value is -1.42. The van der Waals surface area contributed by atoms with Gasteiger partial charge in [0.15, 0.2) is 0 Å². The van der Waals surface area contributed by atoms with Gasteiger partial charge >= 0.3 is 5.97 Å². The SMILES string of the molecule is CCOC(=O)c1cccc(C=O)c1[Si](C)(C)C. The zero-order valence-electron chi connectivity index (χ0n) is 10.7. The summed E-state index contributed by atoms with van der Waals surface area (Å²) in [6.07, 6.45) is 0.816. The molecule has 4 heteroatoms. The normalized spacial score (nSPS) is 11.1. The number of rotatable bonds is 4. The molecule has 92 valence electrons. The molecule has 3 nitrogen and oxygen atoms in total. The first kappa shape index (κ1) is 13.6. The van der Waals surface area contributed by atoms with Crippen LogP contribution in [0.3, 0.4) is 0 Å². The number of esters is 1. The standard InChI is InChI=1S/C13H18O3Si/c1-5-16-13(15)11-8-6-7-10(9-14)12(11)17(2,3)4/h6-9H,5H2,1-4H3. The Morgan fingerprint density at radius 2 is 2.00 bits per heavy atom. The second-order valence-electron chi connectivity index (χ2n) is 4.86. The lowest BCUT2D eigenvalue weighted by Crippen LogP contribution is -2.44. The highest BCUT2D eigenvalue weighted by Gasteiger charge is 2.26. The van der Waals surface area contributed by atoms with E-state index < -0.39 is 8.07 Å². The van der Waals surface area contributed by atoms with Crippen LogP contribution in [-0.2, 0) is 4.74 Å². The van der Waals surface area contributed by atoms with Crippen LogP contribution in [0.15, 0.2) is 18.2 Å². The summed E-state index contributed by atoms with van der Waals surface area (Å²) in [5.74, 6) is -0.339. The van der Waals surface area contributed by atoms with Crippen molar-refractivity contribution < 1.29 is 14.3 Å². The van der Waals surface area contributed by atoms with Crippen LogP contribution in [0.2, 0.25) is 19.6 Å². The summed E-state index contributed by atoms with van der Waals surface area (Å²) >= 11 is 0. The van der Waals surface area contributed by atoms with Gasteiger partial charge in [-0.15, -0.1) is 0 Å². The van der Waals surface area contributed by atoms with E-state index in [1.807, 2.05) is 0 Å². The van der Waals surface area contributed by atoms with Crippen molar-refractivity contribution in [1.29, 1.82) is 0 Å². The molecule has 0 atom stereocenters. The zero-order chi connectivity index (χ0) is 13.1. The van der Waals surface area contributed by atoms with E-state index in [-0.39, 0.29) is 5.97 Å². The fraction of sp³-hybridized carbons (Fsp3) is 0.385. The van der Waals surface area contributed by atoms with Crippen LogP contribution in [0.4, 0.5) is 0 Å². The van der Waals surface area contributed by atoms with E-state index in [1.54, 1.807) is 25.1 Å². The third kappa shape index (κ3) is 3.03. The summed E-state index contributed by atoms with van der Waals surface area (Å²) in [5, 5.41) is 0.883. The molecule has 0 radical (unpaired) electrons. The van der Waals surface area contributed by atoms with Gasteiger partial charge in [0.25, 0.3) is 0 Å². The Kier molecular flexibility index (Phi) is 4.23.